The average molecular weight is 477 g/mol. The molecule has 0 spiro atoms. The summed E-state index contributed by atoms with van der Waals surface area (Å²) in [7, 11) is 0. The molecule has 4 N–H and O–H groups in total. The minimum absolute atomic E-state index is 0. The van der Waals surface area contributed by atoms with Crippen molar-refractivity contribution in [2.24, 2.45) is 5.73 Å². The molecule has 174 valence electrons. The second-order valence-electron chi connectivity index (χ2n) is 8.46. The highest BCUT2D eigenvalue weighted by atomic mass is 35.5. The van der Waals surface area contributed by atoms with E-state index in [4.69, 9.17) is 16.0 Å². The summed E-state index contributed by atoms with van der Waals surface area (Å²) in [4.78, 5) is 27.0. The molecule has 0 radical (unpaired) electrons. The Kier molecular flexibility index (Phi) is 6.80. The number of rotatable bonds is 6. The van der Waals surface area contributed by atoms with Crippen LogP contribution in [0.5, 0.6) is 0 Å². The number of nitriles is 1. The van der Waals surface area contributed by atoms with Gasteiger partial charge in [-0.25, -0.2) is 19.7 Å². The molecule has 1 saturated carbocycles. The summed E-state index contributed by atoms with van der Waals surface area (Å²) in [5.41, 5.74) is 8.79. The van der Waals surface area contributed by atoms with Crippen LogP contribution in [0.4, 0.5) is 22.2 Å². The molecule has 1 aliphatic carbocycles. The van der Waals surface area contributed by atoms with Gasteiger partial charge in [-0.2, -0.15) is 5.26 Å². The fourth-order valence-electron chi connectivity index (χ4n) is 4.13. The number of hydrogen-bond acceptors (Lipinski definition) is 7. The number of nitrogens with two attached hydrogens (primary N) is 1. The molecule has 10 heteroatoms. The van der Waals surface area contributed by atoms with E-state index in [9.17, 15) is 4.79 Å². The van der Waals surface area contributed by atoms with E-state index in [1.54, 1.807) is 18.3 Å². The van der Waals surface area contributed by atoms with Crippen molar-refractivity contribution in [1.82, 2.24) is 20.3 Å². The van der Waals surface area contributed by atoms with Crippen LogP contribution in [-0.4, -0.2) is 40.1 Å². The summed E-state index contributed by atoms with van der Waals surface area (Å²) in [6.45, 7) is 1.50. The van der Waals surface area contributed by atoms with E-state index in [1.807, 2.05) is 18.3 Å². The molecule has 3 aromatic rings. The minimum atomic E-state index is -0.495. The highest BCUT2D eigenvalue weighted by molar-refractivity contribution is 5.85. The van der Waals surface area contributed by atoms with Gasteiger partial charge in [-0.1, -0.05) is 0 Å². The standard InChI is InChI=1S/C24H24N8O.ClH/c25-12-15-5-7-27-21(9-15)31-22-11-18(16-1-2-16)10-20(30-22)17-3-4-23(28-13-17)32-8-6-19(14-32)29-24(26)33;/h3-5,7,9-11,13,16,19H,1-2,6,8,14H2,(H3,26,29,33)(H,27,30,31);1H/t19-;/m1./s1. The van der Waals surface area contributed by atoms with E-state index in [2.05, 4.69) is 43.7 Å². The lowest BCUT2D eigenvalue weighted by molar-refractivity contribution is 0.246. The Labute approximate surface area is 203 Å². The lowest BCUT2D eigenvalue weighted by Crippen LogP contribution is -2.40. The van der Waals surface area contributed by atoms with E-state index in [0.717, 1.165) is 30.0 Å². The quantitative estimate of drug-likeness (QED) is 0.494. The lowest BCUT2D eigenvalue weighted by Gasteiger charge is -2.18. The van der Waals surface area contributed by atoms with Gasteiger partial charge in [0.2, 0.25) is 0 Å². The normalized spacial score (nSPS) is 16.9. The molecule has 0 bridgehead atoms. The summed E-state index contributed by atoms with van der Waals surface area (Å²) in [5, 5.41) is 15.2. The number of nitrogens with one attached hydrogen (secondary N) is 2. The number of hydrogen-bond donors (Lipinski definition) is 3. The van der Waals surface area contributed by atoms with E-state index in [-0.39, 0.29) is 18.4 Å². The number of aromatic nitrogens is 3. The van der Waals surface area contributed by atoms with E-state index in [1.165, 1.54) is 18.4 Å². The SMILES string of the molecule is Cl.N#Cc1ccnc(Nc2cc(C3CC3)cc(-c3ccc(N4CC[C@@H](NC(N)=O)C4)nc3)n2)c1. The highest BCUT2D eigenvalue weighted by Gasteiger charge is 2.26. The first-order chi connectivity index (χ1) is 16.1. The number of primary amides is 1. The smallest absolute Gasteiger partial charge is 0.312 e. The Bertz CT molecular complexity index is 1220. The molecule has 9 nitrogen and oxygen atoms in total. The van der Waals surface area contributed by atoms with Crippen molar-refractivity contribution in [3.05, 3.63) is 59.9 Å². The first kappa shape index (κ1) is 23.3. The van der Waals surface area contributed by atoms with E-state index in [0.29, 0.717) is 29.7 Å². The van der Waals surface area contributed by atoms with Crippen LogP contribution in [0.1, 0.15) is 36.3 Å². The Morgan fingerprint density at radius 1 is 1.12 bits per heavy atom. The van der Waals surface area contributed by atoms with Gasteiger partial charge in [0.05, 0.1) is 17.3 Å². The van der Waals surface area contributed by atoms with Crippen molar-refractivity contribution < 1.29 is 4.79 Å². The second-order valence-corrected chi connectivity index (χ2v) is 8.46. The monoisotopic (exact) mass is 476 g/mol. The van der Waals surface area contributed by atoms with Crippen molar-refractivity contribution in [2.45, 2.75) is 31.2 Å². The van der Waals surface area contributed by atoms with Gasteiger partial charge in [0.15, 0.2) is 0 Å². The number of pyridine rings is 3. The third kappa shape index (κ3) is 5.35. The maximum atomic E-state index is 11.1. The zero-order valence-corrected chi connectivity index (χ0v) is 19.3. The molecule has 34 heavy (non-hydrogen) atoms. The van der Waals surface area contributed by atoms with Gasteiger partial charge < -0.3 is 21.3 Å². The number of carbonyl (C=O) groups excluding carboxylic acids is 1. The Hall–Kier alpha value is -3.90. The Morgan fingerprint density at radius 2 is 1.97 bits per heavy atom. The number of urea groups is 1. The molecule has 2 amide bonds. The number of halogens is 1. The van der Waals surface area contributed by atoms with E-state index < -0.39 is 6.03 Å². The largest absolute Gasteiger partial charge is 0.354 e. The molecule has 2 aliphatic rings. The maximum Gasteiger partial charge on any atom is 0.312 e. The molecular weight excluding hydrogens is 452 g/mol. The molecule has 5 rings (SSSR count). The van der Waals surface area contributed by atoms with Crippen molar-refractivity contribution in [3.8, 4) is 17.3 Å². The maximum absolute atomic E-state index is 11.1. The number of carbonyl (C=O) groups is 1. The van der Waals surface area contributed by atoms with Crippen molar-refractivity contribution >= 4 is 35.9 Å². The predicted molar refractivity (Wildman–Crippen MR) is 132 cm³/mol. The summed E-state index contributed by atoms with van der Waals surface area (Å²) in [6, 6.07) is 13.2. The summed E-state index contributed by atoms with van der Waals surface area (Å²) >= 11 is 0. The van der Waals surface area contributed by atoms with Crippen LogP contribution >= 0.6 is 12.4 Å². The summed E-state index contributed by atoms with van der Waals surface area (Å²) in [5.74, 6) is 2.70. The van der Waals surface area contributed by atoms with Crippen LogP contribution in [0, 0.1) is 11.3 Å². The van der Waals surface area contributed by atoms with Gasteiger partial charge in [0.25, 0.3) is 0 Å². The molecular formula is C24H25ClN8O. The van der Waals surface area contributed by atoms with Gasteiger partial charge in [-0.3, -0.25) is 0 Å². The van der Waals surface area contributed by atoms with Crippen LogP contribution in [0.15, 0.2) is 48.8 Å². The Morgan fingerprint density at radius 3 is 2.68 bits per heavy atom. The number of nitrogens with zero attached hydrogens (tertiary/aromatic N) is 5. The van der Waals surface area contributed by atoms with Crippen LogP contribution in [0.3, 0.4) is 0 Å². The third-order valence-electron chi connectivity index (χ3n) is 5.94. The van der Waals surface area contributed by atoms with Gasteiger partial charge in [-0.15, -0.1) is 12.4 Å². The van der Waals surface area contributed by atoms with Gasteiger partial charge in [0.1, 0.15) is 17.5 Å². The zero-order valence-electron chi connectivity index (χ0n) is 18.4. The molecule has 1 atom stereocenters. The topological polar surface area (TPSA) is 133 Å². The fourth-order valence-corrected chi connectivity index (χ4v) is 4.13. The van der Waals surface area contributed by atoms with Gasteiger partial charge in [-0.05, 0) is 67.1 Å². The van der Waals surface area contributed by atoms with Crippen LogP contribution in [-0.2, 0) is 0 Å². The minimum Gasteiger partial charge on any atom is -0.354 e. The molecule has 3 aromatic heterocycles. The first-order valence-electron chi connectivity index (χ1n) is 11.0. The van der Waals surface area contributed by atoms with Gasteiger partial charge >= 0.3 is 6.03 Å². The zero-order chi connectivity index (χ0) is 22.8. The second kappa shape index (κ2) is 9.93. The average Bonchev–Trinajstić information content (AvgIpc) is 3.58. The highest BCUT2D eigenvalue weighted by Crippen LogP contribution is 2.42. The van der Waals surface area contributed by atoms with Gasteiger partial charge in [0, 0.05) is 37.1 Å². The van der Waals surface area contributed by atoms with Crippen molar-refractivity contribution in [1.29, 1.82) is 5.26 Å². The molecule has 0 unspecified atom stereocenters. The molecule has 1 aliphatic heterocycles. The van der Waals surface area contributed by atoms with Crippen LogP contribution < -0.4 is 21.3 Å². The number of amides is 2. The number of anilines is 3. The molecule has 0 aromatic carbocycles. The fraction of sp³-hybridized carbons (Fsp3) is 0.292. The van der Waals surface area contributed by atoms with Crippen LogP contribution in [0.2, 0.25) is 0 Å². The molecule has 2 fully saturated rings. The van der Waals surface area contributed by atoms with Crippen molar-refractivity contribution in [2.75, 3.05) is 23.3 Å². The molecule has 4 heterocycles. The molecule has 1 saturated heterocycles. The summed E-state index contributed by atoms with van der Waals surface area (Å²) < 4.78 is 0. The summed E-state index contributed by atoms with van der Waals surface area (Å²) in [6.07, 6.45) is 6.64. The predicted octanol–water partition coefficient (Wildman–Crippen LogP) is 3.70. The Balaban J connectivity index is 0.00000274. The van der Waals surface area contributed by atoms with Crippen LogP contribution in [0.25, 0.3) is 11.3 Å². The first-order valence-corrected chi connectivity index (χ1v) is 11.0. The third-order valence-corrected chi connectivity index (χ3v) is 5.94. The van der Waals surface area contributed by atoms with Crippen molar-refractivity contribution in [3.63, 3.8) is 0 Å². The van der Waals surface area contributed by atoms with E-state index >= 15 is 0 Å². The lowest BCUT2D eigenvalue weighted by atomic mass is 10.1.